The number of amides is 3. The van der Waals surface area contributed by atoms with Gasteiger partial charge in [-0.25, -0.2) is 14.4 Å². The van der Waals surface area contributed by atoms with Crippen molar-refractivity contribution in [2.75, 3.05) is 53.5 Å². The number of methoxy groups -OCH3 is 2. The summed E-state index contributed by atoms with van der Waals surface area (Å²) >= 11 is 0. The van der Waals surface area contributed by atoms with Crippen molar-refractivity contribution >= 4 is 18.3 Å². The highest BCUT2D eigenvalue weighted by molar-refractivity contribution is 5.71. The van der Waals surface area contributed by atoms with E-state index in [1.807, 2.05) is 24.3 Å². The smallest absolute Gasteiger partial charge is 0.410 e. The molecule has 0 radical (unpaired) electrons. The zero-order chi connectivity index (χ0) is 29.1. The van der Waals surface area contributed by atoms with Crippen LogP contribution in [0.4, 0.5) is 14.4 Å². The summed E-state index contributed by atoms with van der Waals surface area (Å²) in [5.41, 5.74) is 0.916. The molecule has 1 aliphatic heterocycles. The zero-order valence-electron chi connectivity index (χ0n) is 23.9. The van der Waals surface area contributed by atoms with Crippen LogP contribution in [0.15, 0.2) is 48.5 Å². The number of carbonyl (C=O) groups is 3. The monoisotopic (exact) mass is 557 g/mol. The Morgan fingerprint density at radius 3 is 1.23 bits per heavy atom. The SMILES string of the molecule is COc1ccc(COC(=O)N2CCN(C(=O)OCc3ccc(OC)cc3)CCN(C(=O)OC(C)(C)C)CC2)cc1. The van der Waals surface area contributed by atoms with Crippen LogP contribution in [0.1, 0.15) is 31.9 Å². The first kappa shape index (κ1) is 30.4. The summed E-state index contributed by atoms with van der Waals surface area (Å²) in [6, 6.07) is 14.4. The van der Waals surface area contributed by atoms with E-state index in [4.69, 9.17) is 23.7 Å². The first-order chi connectivity index (χ1) is 19.1. The third-order valence-electron chi connectivity index (χ3n) is 6.13. The van der Waals surface area contributed by atoms with E-state index in [1.54, 1.807) is 59.3 Å². The van der Waals surface area contributed by atoms with Crippen LogP contribution in [-0.4, -0.2) is 92.1 Å². The summed E-state index contributed by atoms with van der Waals surface area (Å²) < 4.78 is 27.0. The Kier molecular flexibility index (Phi) is 10.9. The number of hydrogen-bond donors (Lipinski definition) is 0. The molecule has 40 heavy (non-hydrogen) atoms. The summed E-state index contributed by atoms with van der Waals surface area (Å²) in [5, 5.41) is 0. The van der Waals surface area contributed by atoms with E-state index in [2.05, 4.69) is 0 Å². The fraction of sp³-hybridized carbons (Fsp3) is 0.483. The Bertz CT molecular complexity index is 1040. The van der Waals surface area contributed by atoms with Gasteiger partial charge in [0.05, 0.1) is 14.2 Å². The van der Waals surface area contributed by atoms with Crippen LogP contribution in [0.2, 0.25) is 0 Å². The van der Waals surface area contributed by atoms with E-state index < -0.39 is 23.9 Å². The molecule has 11 nitrogen and oxygen atoms in total. The molecule has 3 rings (SSSR count). The Balaban J connectivity index is 1.67. The van der Waals surface area contributed by atoms with Gasteiger partial charge in [0.2, 0.25) is 0 Å². The molecule has 2 aromatic carbocycles. The molecule has 0 N–H and O–H groups in total. The summed E-state index contributed by atoms with van der Waals surface area (Å²) in [7, 11) is 3.16. The van der Waals surface area contributed by atoms with E-state index in [9.17, 15) is 14.4 Å². The molecule has 1 aliphatic rings. The Morgan fingerprint density at radius 2 is 0.925 bits per heavy atom. The van der Waals surface area contributed by atoms with Crippen molar-refractivity contribution in [1.29, 1.82) is 0 Å². The number of benzene rings is 2. The number of hydrogen-bond acceptors (Lipinski definition) is 8. The second-order valence-corrected chi connectivity index (χ2v) is 10.2. The van der Waals surface area contributed by atoms with Crippen molar-refractivity contribution in [3.63, 3.8) is 0 Å². The number of rotatable bonds is 6. The first-order valence-corrected chi connectivity index (χ1v) is 13.1. The van der Waals surface area contributed by atoms with Crippen molar-refractivity contribution in [2.45, 2.75) is 39.6 Å². The Hall–Kier alpha value is -4.15. The van der Waals surface area contributed by atoms with Gasteiger partial charge in [0.15, 0.2) is 0 Å². The standard InChI is InChI=1S/C29H39N3O8/c1-29(2,3)40-28(35)32-18-16-30(26(33)38-20-22-6-10-24(36-4)11-7-22)14-15-31(17-19-32)27(34)39-21-23-8-12-25(37-5)13-9-23/h6-13H,14-21H2,1-5H3. The second kappa shape index (κ2) is 14.3. The molecule has 2 aromatic rings. The normalized spacial score (nSPS) is 14.4. The van der Waals surface area contributed by atoms with Gasteiger partial charge >= 0.3 is 18.3 Å². The van der Waals surface area contributed by atoms with Gasteiger partial charge < -0.3 is 38.4 Å². The lowest BCUT2D eigenvalue weighted by Crippen LogP contribution is -2.44. The number of nitrogens with zero attached hydrogens (tertiary/aromatic N) is 3. The molecule has 1 heterocycles. The van der Waals surface area contributed by atoms with E-state index >= 15 is 0 Å². The van der Waals surface area contributed by atoms with Gasteiger partial charge in [0, 0.05) is 39.3 Å². The molecule has 0 bridgehead atoms. The van der Waals surface area contributed by atoms with Crippen molar-refractivity contribution in [1.82, 2.24) is 14.7 Å². The van der Waals surface area contributed by atoms with Gasteiger partial charge in [0.25, 0.3) is 0 Å². The minimum atomic E-state index is -0.691. The van der Waals surface area contributed by atoms with E-state index in [0.717, 1.165) is 11.1 Å². The van der Waals surface area contributed by atoms with Crippen LogP contribution in [0.3, 0.4) is 0 Å². The van der Waals surface area contributed by atoms with Gasteiger partial charge in [0.1, 0.15) is 30.3 Å². The van der Waals surface area contributed by atoms with Crippen LogP contribution in [0.5, 0.6) is 11.5 Å². The molecule has 1 fully saturated rings. The quantitative estimate of drug-likeness (QED) is 0.477. The highest BCUT2D eigenvalue weighted by Crippen LogP contribution is 2.15. The maximum atomic E-state index is 13.0. The average Bonchev–Trinajstić information content (AvgIpc) is 3.05. The van der Waals surface area contributed by atoms with Crippen molar-refractivity contribution in [3.8, 4) is 11.5 Å². The lowest BCUT2D eigenvalue weighted by molar-refractivity contribution is 0.0222. The molecule has 0 unspecified atom stereocenters. The predicted molar refractivity (Wildman–Crippen MR) is 147 cm³/mol. The van der Waals surface area contributed by atoms with E-state index in [-0.39, 0.29) is 52.5 Å². The molecule has 0 atom stereocenters. The Labute approximate surface area is 235 Å². The molecule has 0 spiro atoms. The molecule has 11 heteroatoms. The maximum Gasteiger partial charge on any atom is 0.410 e. The lowest BCUT2D eigenvalue weighted by Gasteiger charge is -2.28. The predicted octanol–water partition coefficient (Wildman–Crippen LogP) is 4.53. The van der Waals surface area contributed by atoms with E-state index in [1.165, 1.54) is 14.7 Å². The summed E-state index contributed by atoms with van der Waals surface area (Å²) in [6.45, 7) is 6.80. The summed E-state index contributed by atoms with van der Waals surface area (Å²) in [6.07, 6.45) is -1.62. The van der Waals surface area contributed by atoms with Crippen molar-refractivity contribution < 1.29 is 38.1 Å². The third kappa shape index (κ3) is 9.55. The second-order valence-electron chi connectivity index (χ2n) is 10.2. The first-order valence-electron chi connectivity index (χ1n) is 13.1. The molecular formula is C29H39N3O8. The highest BCUT2D eigenvalue weighted by Gasteiger charge is 2.28. The third-order valence-corrected chi connectivity index (χ3v) is 6.13. The molecule has 1 saturated heterocycles. The minimum absolute atomic E-state index is 0.0721. The van der Waals surface area contributed by atoms with Crippen LogP contribution >= 0.6 is 0 Å². The lowest BCUT2D eigenvalue weighted by atomic mass is 10.2. The molecule has 0 aromatic heterocycles. The van der Waals surface area contributed by atoms with Crippen LogP contribution in [0.25, 0.3) is 0 Å². The topological polar surface area (TPSA) is 107 Å². The molecule has 0 saturated carbocycles. The van der Waals surface area contributed by atoms with Crippen LogP contribution in [-0.2, 0) is 27.4 Å². The molecular weight excluding hydrogens is 518 g/mol. The summed E-state index contributed by atoms with van der Waals surface area (Å²) in [5.74, 6) is 1.41. The van der Waals surface area contributed by atoms with Gasteiger partial charge in [-0.2, -0.15) is 0 Å². The van der Waals surface area contributed by atoms with Crippen LogP contribution in [0, 0.1) is 0 Å². The van der Waals surface area contributed by atoms with Crippen molar-refractivity contribution in [3.05, 3.63) is 59.7 Å². The highest BCUT2D eigenvalue weighted by atomic mass is 16.6. The minimum Gasteiger partial charge on any atom is -0.497 e. The van der Waals surface area contributed by atoms with Gasteiger partial charge in [-0.05, 0) is 56.2 Å². The van der Waals surface area contributed by atoms with Crippen molar-refractivity contribution in [2.24, 2.45) is 0 Å². The van der Waals surface area contributed by atoms with Gasteiger partial charge in [-0.3, -0.25) is 0 Å². The largest absolute Gasteiger partial charge is 0.497 e. The van der Waals surface area contributed by atoms with E-state index in [0.29, 0.717) is 11.5 Å². The average molecular weight is 558 g/mol. The van der Waals surface area contributed by atoms with Gasteiger partial charge in [-0.15, -0.1) is 0 Å². The maximum absolute atomic E-state index is 13.0. The fourth-order valence-corrected chi connectivity index (χ4v) is 3.85. The molecule has 218 valence electrons. The fourth-order valence-electron chi connectivity index (χ4n) is 3.85. The number of ether oxygens (including phenoxy) is 5. The van der Waals surface area contributed by atoms with Crippen LogP contribution < -0.4 is 9.47 Å². The number of carbonyl (C=O) groups excluding carboxylic acids is 3. The molecule has 0 aliphatic carbocycles. The molecule has 3 amide bonds. The summed E-state index contributed by atoms with van der Waals surface area (Å²) in [4.78, 5) is 43.4. The Morgan fingerprint density at radius 1 is 0.600 bits per heavy atom. The zero-order valence-corrected chi connectivity index (χ0v) is 23.9. The van der Waals surface area contributed by atoms with Gasteiger partial charge in [-0.1, -0.05) is 24.3 Å².